The lowest BCUT2D eigenvalue weighted by Crippen LogP contribution is -2.40. The van der Waals surface area contributed by atoms with Crippen molar-refractivity contribution in [1.82, 2.24) is 4.90 Å². The van der Waals surface area contributed by atoms with Crippen molar-refractivity contribution >= 4 is 5.91 Å². The second-order valence-corrected chi connectivity index (χ2v) is 4.86. The summed E-state index contributed by atoms with van der Waals surface area (Å²) >= 11 is 0. The maximum atomic E-state index is 12.8. The topological polar surface area (TPSA) is 46.3 Å². The molecular weight excluding hydrogens is 231 g/mol. The average Bonchev–Trinajstić information content (AvgIpc) is 2.41. The summed E-state index contributed by atoms with van der Waals surface area (Å²) in [5, 5.41) is 0. The van der Waals surface area contributed by atoms with E-state index in [9.17, 15) is 9.18 Å². The largest absolute Gasteiger partial charge is 0.342 e. The number of likely N-dealkylation sites (tertiary alicyclic amines) is 1. The summed E-state index contributed by atoms with van der Waals surface area (Å²) in [5.74, 6) is 0.409. The fraction of sp³-hybridized carbons (Fsp3) is 0.500. The highest BCUT2D eigenvalue weighted by Gasteiger charge is 2.21. The van der Waals surface area contributed by atoms with Crippen LogP contribution in [0.5, 0.6) is 0 Å². The minimum atomic E-state index is -0.269. The molecule has 0 bridgehead atoms. The van der Waals surface area contributed by atoms with Gasteiger partial charge in [0.1, 0.15) is 5.82 Å². The Morgan fingerprint density at radius 2 is 1.89 bits per heavy atom. The van der Waals surface area contributed by atoms with Gasteiger partial charge in [-0.05, 0) is 43.0 Å². The number of hydrogen-bond donors (Lipinski definition) is 1. The number of benzene rings is 1. The first-order valence-electron chi connectivity index (χ1n) is 6.41. The summed E-state index contributed by atoms with van der Waals surface area (Å²) in [6, 6.07) is 6.12. The van der Waals surface area contributed by atoms with Crippen molar-refractivity contribution in [3.8, 4) is 0 Å². The molecule has 4 heteroatoms. The molecule has 0 aliphatic carbocycles. The Bertz CT molecular complexity index is 397. The number of nitrogens with two attached hydrogens (primary N) is 1. The van der Waals surface area contributed by atoms with Gasteiger partial charge < -0.3 is 10.6 Å². The number of amides is 1. The van der Waals surface area contributed by atoms with Gasteiger partial charge in [-0.25, -0.2) is 4.39 Å². The normalized spacial score (nSPS) is 16.9. The smallest absolute Gasteiger partial charge is 0.226 e. The molecule has 0 unspecified atom stereocenters. The minimum Gasteiger partial charge on any atom is -0.342 e. The first kappa shape index (κ1) is 13.0. The maximum absolute atomic E-state index is 12.8. The molecule has 1 aliphatic rings. The van der Waals surface area contributed by atoms with Gasteiger partial charge in [0.2, 0.25) is 5.91 Å². The zero-order chi connectivity index (χ0) is 13.0. The number of piperidine rings is 1. The SMILES string of the molecule is NCC1CCN(C(=O)Cc2ccc(F)cc2)CC1. The summed E-state index contributed by atoms with van der Waals surface area (Å²) in [4.78, 5) is 13.9. The molecule has 1 aromatic rings. The Labute approximate surface area is 107 Å². The van der Waals surface area contributed by atoms with Crippen molar-refractivity contribution in [2.45, 2.75) is 19.3 Å². The molecule has 2 rings (SSSR count). The predicted octanol–water partition coefficient (Wildman–Crippen LogP) is 1.57. The van der Waals surface area contributed by atoms with Crippen LogP contribution in [0, 0.1) is 11.7 Å². The van der Waals surface area contributed by atoms with Gasteiger partial charge in [0.05, 0.1) is 6.42 Å². The lowest BCUT2D eigenvalue weighted by Gasteiger charge is -2.31. The molecule has 0 spiro atoms. The predicted molar refractivity (Wildman–Crippen MR) is 68.5 cm³/mol. The quantitative estimate of drug-likeness (QED) is 0.885. The third kappa shape index (κ3) is 3.29. The van der Waals surface area contributed by atoms with Gasteiger partial charge in [-0.2, -0.15) is 0 Å². The van der Waals surface area contributed by atoms with E-state index in [0.717, 1.165) is 31.5 Å². The lowest BCUT2D eigenvalue weighted by atomic mass is 9.96. The van der Waals surface area contributed by atoms with Gasteiger partial charge in [-0.15, -0.1) is 0 Å². The van der Waals surface area contributed by atoms with Crippen LogP contribution in [-0.2, 0) is 11.2 Å². The molecule has 98 valence electrons. The van der Waals surface area contributed by atoms with E-state index in [2.05, 4.69) is 0 Å². The summed E-state index contributed by atoms with van der Waals surface area (Å²) in [6.45, 7) is 2.30. The van der Waals surface area contributed by atoms with Crippen LogP contribution >= 0.6 is 0 Å². The summed E-state index contributed by atoms with van der Waals surface area (Å²) < 4.78 is 12.8. The fourth-order valence-corrected chi connectivity index (χ4v) is 2.31. The average molecular weight is 250 g/mol. The van der Waals surface area contributed by atoms with E-state index in [1.807, 2.05) is 4.90 Å². The molecule has 18 heavy (non-hydrogen) atoms. The van der Waals surface area contributed by atoms with Crippen LogP contribution in [0.4, 0.5) is 4.39 Å². The van der Waals surface area contributed by atoms with Crippen LogP contribution in [0.25, 0.3) is 0 Å². The number of carbonyl (C=O) groups is 1. The van der Waals surface area contributed by atoms with E-state index < -0.39 is 0 Å². The second kappa shape index (κ2) is 5.96. The van der Waals surface area contributed by atoms with Crippen molar-refractivity contribution in [3.63, 3.8) is 0 Å². The number of nitrogens with zero attached hydrogens (tertiary/aromatic N) is 1. The van der Waals surface area contributed by atoms with Gasteiger partial charge in [-0.3, -0.25) is 4.79 Å². The zero-order valence-electron chi connectivity index (χ0n) is 10.4. The molecule has 1 heterocycles. The third-order valence-electron chi connectivity index (χ3n) is 3.57. The molecule has 1 fully saturated rings. The summed E-state index contributed by atoms with van der Waals surface area (Å²) in [5.41, 5.74) is 6.49. The highest BCUT2D eigenvalue weighted by atomic mass is 19.1. The highest BCUT2D eigenvalue weighted by Crippen LogP contribution is 2.16. The van der Waals surface area contributed by atoms with Crippen molar-refractivity contribution < 1.29 is 9.18 Å². The van der Waals surface area contributed by atoms with E-state index in [4.69, 9.17) is 5.73 Å². The molecule has 1 aromatic carbocycles. The summed E-state index contributed by atoms with van der Waals surface area (Å²) in [7, 11) is 0. The van der Waals surface area contributed by atoms with Crippen LogP contribution < -0.4 is 5.73 Å². The van der Waals surface area contributed by atoms with E-state index in [0.29, 0.717) is 18.9 Å². The van der Waals surface area contributed by atoms with Crippen LogP contribution in [0.15, 0.2) is 24.3 Å². The molecule has 0 atom stereocenters. The lowest BCUT2D eigenvalue weighted by molar-refractivity contribution is -0.131. The molecule has 2 N–H and O–H groups in total. The monoisotopic (exact) mass is 250 g/mol. The second-order valence-electron chi connectivity index (χ2n) is 4.86. The Morgan fingerprint density at radius 1 is 1.28 bits per heavy atom. The van der Waals surface area contributed by atoms with E-state index in [1.54, 1.807) is 12.1 Å². The van der Waals surface area contributed by atoms with Crippen molar-refractivity contribution in [1.29, 1.82) is 0 Å². The fourth-order valence-electron chi connectivity index (χ4n) is 2.31. The Kier molecular flexibility index (Phi) is 4.31. The van der Waals surface area contributed by atoms with Crippen molar-refractivity contribution in [3.05, 3.63) is 35.6 Å². The van der Waals surface area contributed by atoms with Gasteiger partial charge in [0.25, 0.3) is 0 Å². The Balaban J connectivity index is 1.87. The molecule has 3 nitrogen and oxygen atoms in total. The molecule has 0 radical (unpaired) electrons. The Morgan fingerprint density at radius 3 is 2.44 bits per heavy atom. The molecule has 1 aliphatic heterocycles. The first-order valence-corrected chi connectivity index (χ1v) is 6.41. The molecule has 1 amide bonds. The van der Waals surface area contributed by atoms with Gasteiger partial charge >= 0.3 is 0 Å². The van der Waals surface area contributed by atoms with Crippen molar-refractivity contribution in [2.75, 3.05) is 19.6 Å². The van der Waals surface area contributed by atoms with Gasteiger partial charge in [0.15, 0.2) is 0 Å². The number of hydrogen-bond acceptors (Lipinski definition) is 2. The van der Waals surface area contributed by atoms with Crippen LogP contribution in [0.2, 0.25) is 0 Å². The van der Waals surface area contributed by atoms with E-state index >= 15 is 0 Å². The van der Waals surface area contributed by atoms with Crippen molar-refractivity contribution in [2.24, 2.45) is 11.7 Å². The maximum Gasteiger partial charge on any atom is 0.226 e. The summed E-state index contributed by atoms with van der Waals surface area (Å²) in [6.07, 6.45) is 2.34. The van der Waals surface area contributed by atoms with E-state index in [-0.39, 0.29) is 11.7 Å². The Hall–Kier alpha value is -1.42. The van der Waals surface area contributed by atoms with Gasteiger partial charge in [-0.1, -0.05) is 12.1 Å². The minimum absolute atomic E-state index is 0.122. The number of rotatable bonds is 3. The molecular formula is C14H19FN2O. The highest BCUT2D eigenvalue weighted by molar-refractivity contribution is 5.78. The zero-order valence-corrected chi connectivity index (χ0v) is 10.4. The third-order valence-corrected chi connectivity index (χ3v) is 3.57. The standard InChI is InChI=1S/C14H19FN2O/c15-13-3-1-11(2-4-13)9-14(18)17-7-5-12(10-16)6-8-17/h1-4,12H,5-10,16H2. The molecule has 1 saturated heterocycles. The van der Waals surface area contributed by atoms with Crippen LogP contribution in [0.3, 0.4) is 0 Å². The van der Waals surface area contributed by atoms with Crippen LogP contribution in [0.1, 0.15) is 18.4 Å². The molecule has 0 saturated carbocycles. The van der Waals surface area contributed by atoms with Gasteiger partial charge in [0, 0.05) is 13.1 Å². The number of halogens is 1. The first-order chi connectivity index (χ1) is 8.69. The molecule has 0 aromatic heterocycles. The number of carbonyl (C=O) groups excluding carboxylic acids is 1. The van der Waals surface area contributed by atoms with Crippen LogP contribution in [-0.4, -0.2) is 30.4 Å². The van der Waals surface area contributed by atoms with E-state index in [1.165, 1.54) is 12.1 Å².